The zero-order valence-electron chi connectivity index (χ0n) is 16.8. The number of para-hydroxylation sites is 1. The van der Waals surface area contributed by atoms with Gasteiger partial charge in [0, 0.05) is 11.8 Å². The summed E-state index contributed by atoms with van der Waals surface area (Å²) in [5.74, 6) is 1.65. The number of hydrogen-bond donors (Lipinski definition) is 0. The smallest absolute Gasteiger partial charge is 0.128 e. The van der Waals surface area contributed by atoms with Gasteiger partial charge in [-0.25, -0.2) is 0 Å². The zero-order chi connectivity index (χ0) is 18.6. The van der Waals surface area contributed by atoms with Crippen LogP contribution in [0.2, 0.25) is 0 Å². The summed E-state index contributed by atoms with van der Waals surface area (Å²) in [6, 6.07) is 12.7. The number of ether oxygens (including phenoxy) is 1. The molecule has 2 rings (SSSR count). The Bertz CT molecular complexity index is 638. The van der Waals surface area contributed by atoms with E-state index in [1.54, 1.807) is 0 Å². The molecule has 0 aliphatic rings. The molecule has 2 aromatic rings. The van der Waals surface area contributed by atoms with E-state index in [4.69, 9.17) is 4.74 Å². The Morgan fingerprint density at radius 3 is 2.62 bits per heavy atom. The summed E-state index contributed by atoms with van der Waals surface area (Å²) in [5, 5.41) is 0. The fourth-order valence-corrected chi connectivity index (χ4v) is 3.09. The minimum Gasteiger partial charge on any atom is -0.493 e. The van der Waals surface area contributed by atoms with Gasteiger partial charge in [-0.1, -0.05) is 65.0 Å². The van der Waals surface area contributed by atoms with Gasteiger partial charge < -0.3 is 4.74 Å². The van der Waals surface area contributed by atoms with E-state index in [0.29, 0.717) is 5.92 Å². The molecule has 1 aromatic heterocycles. The summed E-state index contributed by atoms with van der Waals surface area (Å²) in [7, 11) is 0. The molecule has 0 aliphatic heterocycles. The standard InChI is InChI=1S/C24H35NO/c1-4-6-7-8-9-12-21-15-17-25-23(19-21)22-13-10-11-14-24(22)26-18-16-20(3)5-2/h10-11,13-15,17,19-20H,4-9,12,16,18H2,1-3H3. The minimum absolute atomic E-state index is 0.705. The summed E-state index contributed by atoms with van der Waals surface area (Å²) in [5.41, 5.74) is 3.50. The summed E-state index contributed by atoms with van der Waals surface area (Å²) in [4.78, 5) is 4.61. The van der Waals surface area contributed by atoms with Crippen molar-refractivity contribution < 1.29 is 4.74 Å². The third-order valence-electron chi connectivity index (χ3n) is 5.12. The van der Waals surface area contributed by atoms with Gasteiger partial charge in [0.05, 0.1) is 12.3 Å². The van der Waals surface area contributed by atoms with Crippen molar-refractivity contribution >= 4 is 0 Å². The molecule has 0 bridgehead atoms. The summed E-state index contributed by atoms with van der Waals surface area (Å²) < 4.78 is 6.09. The Kier molecular flexibility index (Phi) is 9.23. The number of aromatic nitrogens is 1. The number of rotatable bonds is 12. The van der Waals surface area contributed by atoms with E-state index in [2.05, 4.69) is 56.1 Å². The molecule has 0 amide bonds. The first kappa shape index (κ1) is 20.5. The number of aryl methyl sites for hydroxylation is 1. The fourth-order valence-electron chi connectivity index (χ4n) is 3.09. The van der Waals surface area contributed by atoms with Crippen molar-refractivity contribution in [1.82, 2.24) is 4.98 Å². The molecule has 1 atom stereocenters. The van der Waals surface area contributed by atoms with Crippen LogP contribution in [0.5, 0.6) is 5.75 Å². The van der Waals surface area contributed by atoms with E-state index in [1.807, 2.05) is 12.3 Å². The van der Waals surface area contributed by atoms with Crippen LogP contribution in [-0.4, -0.2) is 11.6 Å². The maximum Gasteiger partial charge on any atom is 0.128 e. The Balaban J connectivity index is 2.00. The highest BCUT2D eigenvalue weighted by Crippen LogP contribution is 2.29. The topological polar surface area (TPSA) is 22.1 Å². The molecule has 0 aliphatic carbocycles. The molecule has 0 fully saturated rings. The van der Waals surface area contributed by atoms with Crippen molar-refractivity contribution in [1.29, 1.82) is 0 Å². The molecule has 0 saturated heterocycles. The van der Waals surface area contributed by atoms with Gasteiger partial charge in [0.25, 0.3) is 0 Å². The van der Waals surface area contributed by atoms with Crippen molar-refractivity contribution in [2.45, 2.75) is 72.1 Å². The van der Waals surface area contributed by atoms with Crippen molar-refractivity contribution in [3.8, 4) is 17.0 Å². The van der Waals surface area contributed by atoms with Crippen LogP contribution in [0.1, 0.15) is 71.3 Å². The third-order valence-corrected chi connectivity index (χ3v) is 5.12. The number of pyridine rings is 1. The van der Waals surface area contributed by atoms with Crippen LogP contribution in [0.15, 0.2) is 42.6 Å². The number of hydrogen-bond acceptors (Lipinski definition) is 2. The molecule has 0 saturated carbocycles. The summed E-state index contributed by atoms with van der Waals surface area (Å²) in [6.07, 6.45) is 11.9. The predicted octanol–water partition coefficient (Wildman–Crippen LogP) is 7.08. The molecule has 26 heavy (non-hydrogen) atoms. The largest absolute Gasteiger partial charge is 0.493 e. The van der Waals surface area contributed by atoms with Gasteiger partial charge in [0.1, 0.15) is 5.75 Å². The van der Waals surface area contributed by atoms with Crippen LogP contribution >= 0.6 is 0 Å². The molecule has 1 unspecified atom stereocenters. The first-order valence-corrected chi connectivity index (χ1v) is 10.4. The monoisotopic (exact) mass is 353 g/mol. The Morgan fingerprint density at radius 1 is 1.00 bits per heavy atom. The zero-order valence-corrected chi connectivity index (χ0v) is 16.8. The van der Waals surface area contributed by atoms with Gasteiger partial charge in [0.2, 0.25) is 0 Å². The average Bonchev–Trinajstić information content (AvgIpc) is 2.68. The van der Waals surface area contributed by atoms with E-state index >= 15 is 0 Å². The minimum atomic E-state index is 0.705. The molecule has 0 N–H and O–H groups in total. The van der Waals surface area contributed by atoms with E-state index in [1.165, 1.54) is 44.1 Å². The van der Waals surface area contributed by atoms with Crippen LogP contribution in [0.4, 0.5) is 0 Å². The maximum atomic E-state index is 6.09. The number of nitrogens with zero attached hydrogens (tertiary/aromatic N) is 1. The van der Waals surface area contributed by atoms with Crippen LogP contribution in [0, 0.1) is 5.92 Å². The lowest BCUT2D eigenvalue weighted by Crippen LogP contribution is -2.04. The third kappa shape index (κ3) is 6.82. The molecule has 2 heteroatoms. The predicted molar refractivity (Wildman–Crippen MR) is 112 cm³/mol. The van der Waals surface area contributed by atoms with E-state index in [0.717, 1.165) is 36.5 Å². The second kappa shape index (κ2) is 11.7. The lowest BCUT2D eigenvalue weighted by molar-refractivity contribution is 0.282. The Labute approximate surface area is 160 Å². The van der Waals surface area contributed by atoms with Crippen molar-refractivity contribution in [2.24, 2.45) is 5.92 Å². The van der Waals surface area contributed by atoms with Gasteiger partial charge >= 0.3 is 0 Å². The molecular weight excluding hydrogens is 318 g/mol. The number of unbranched alkanes of at least 4 members (excludes halogenated alkanes) is 4. The van der Waals surface area contributed by atoms with E-state index in [-0.39, 0.29) is 0 Å². The SMILES string of the molecule is CCCCCCCc1ccnc(-c2ccccc2OCCC(C)CC)c1. The van der Waals surface area contributed by atoms with Crippen molar-refractivity contribution in [2.75, 3.05) is 6.61 Å². The first-order chi connectivity index (χ1) is 12.7. The molecule has 1 aromatic carbocycles. The lowest BCUT2D eigenvalue weighted by atomic mass is 10.0. The Morgan fingerprint density at radius 2 is 1.81 bits per heavy atom. The molecule has 0 spiro atoms. The van der Waals surface area contributed by atoms with Crippen LogP contribution in [0.25, 0.3) is 11.3 Å². The van der Waals surface area contributed by atoms with Gasteiger partial charge in [-0.05, 0) is 55.0 Å². The molecule has 1 heterocycles. The van der Waals surface area contributed by atoms with Crippen LogP contribution < -0.4 is 4.74 Å². The van der Waals surface area contributed by atoms with Gasteiger partial charge in [-0.15, -0.1) is 0 Å². The molecule has 0 radical (unpaired) electrons. The second-order valence-corrected chi connectivity index (χ2v) is 7.36. The van der Waals surface area contributed by atoms with E-state index in [9.17, 15) is 0 Å². The highest BCUT2D eigenvalue weighted by atomic mass is 16.5. The van der Waals surface area contributed by atoms with Crippen LogP contribution in [-0.2, 0) is 6.42 Å². The van der Waals surface area contributed by atoms with Crippen molar-refractivity contribution in [3.63, 3.8) is 0 Å². The van der Waals surface area contributed by atoms with E-state index < -0.39 is 0 Å². The first-order valence-electron chi connectivity index (χ1n) is 10.4. The maximum absolute atomic E-state index is 6.09. The molecular formula is C24H35NO. The van der Waals surface area contributed by atoms with Gasteiger partial charge in [-0.3, -0.25) is 4.98 Å². The molecule has 142 valence electrons. The van der Waals surface area contributed by atoms with Crippen molar-refractivity contribution in [3.05, 3.63) is 48.2 Å². The second-order valence-electron chi connectivity index (χ2n) is 7.36. The summed E-state index contributed by atoms with van der Waals surface area (Å²) >= 11 is 0. The van der Waals surface area contributed by atoms with Gasteiger partial charge in [-0.2, -0.15) is 0 Å². The van der Waals surface area contributed by atoms with Gasteiger partial charge in [0.15, 0.2) is 0 Å². The highest BCUT2D eigenvalue weighted by Gasteiger charge is 2.09. The lowest BCUT2D eigenvalue weighted by Gasteiger charge is -2.13. The fraction of sp³-hybridized carbons (Fsp3) is 0.542. The average molecular weight is 354 g/mol. The normalized spacial score (nSPS) is 12.1. The Hall–Kier alpha value is -1.83. The number of benzene rings is 1. The quantitative estimate of drug-likeness (QED) is 0.380. The highest BCUT2D eigenvalue weighted by molar-refractivity contribution is 5.67. The van der Waals surface area contributed by atoms with Crippen LogP contribution in [0.3, 0.4) is 0 Å². The molecule has 2 nitrogen and oxygen atoms in total. The summed E-state index contributed by atoms with van der Waals surface area (Å²) in [6.45, 7) is 7.54.